The van der Waals surface area contributed by atoms with Crippen LogP contribution in [0.5, 0.6) is 0 Å². The Bertz CT molecular complexity index is 2700. The van der Waals surface area contributed by atoms with Crippen molar-refractivity contribution in [1.29, 1.82) is 0 Å². The van der Waals surface area contributed by atoms with Crippen LogP contribution < -0.4 is 21.2 Å². The molecule has 0 radical (unpaired) electrons. The first-order valence-corrected chi connectivity index (χ1v) is 16.0. The van der Waals surface area contributed by atoms with Crippen LogP contribution in [0.4, 0.5) is 10.6 Å². The van der Waals surface area contributed by atoms with Gasteiger partial charge in [-0.3, -0.25) is 38.9 Å². The average molecular weight is 677 g/mol. The van der Waals surface area contributed by atoms with Gasteiger partial charge in [-0.05, 0) is 58.8 Å². The lowest BCUT2D eigenvalue weighted by Crippen LogP contribution is -2.49. The van der Waals surface area contributed by atoms with Crippen LogP contribution in [0.15, 0.2) is 94.5 Å². The zero-order chi connectivity index (χ0) is 35.2. The van der Waals surface area contributed by atoms with E-state index < -0.39 is 6.03 Å². The first-order valence-electron chi connectivity index (χ1n) is 16.0. The number of amides is 4. The normalized spacial score (nSPS) is 13.0. The van der Waals surface area contributed by atoms with Gasteiger partial charge in [0.1, 0.15) is 17.1 Å². The number of aromatic nitrogens is 5. The summed E-state index contributed by atoms with van der Waals surface area (Å²) in [6.07, 6.45) is 5.14. The number of urea groups is 1. The van der Waals surface area contributed by atoms with E-state index >= 15 is 0 Å². The highest BCUT2D eigenvalue weighted by atomic mass is 16.3. The number of hydrogen-bond acceptors (Lipinski definition) is 8. The molecule has 1 aliphatic rings. The molecule has 0 bridgehead atoms. The number of imide groups is 1. The van der Waals surface area contributed by atoms with Crippen molar-refractivity contribution in [2.24, 2.45) is 14.1 Å². The van der Waals surface area contributed by atoms with Crippen molar-refractivity contribution >= 4 is 56.4 Å². The van der Waals surface area contributed by atoms with Crippen LogP contribution in [-0.4, -0.2) is 55.0 Å². The first kappa shape index (κ1) is 31.2. The Morgan fingerprint density at radius 1 is 0.902 bits per heavy atom. The Morgan fingerprint density at radius 2 is 1.75 bits per heavy atom. The van der Waals surface area contributed by atoms with Crippen molar-refractivity contribution in [2.45, 2.75) is 6.42 Å². The second-order valence-corrected chi connectivity index (χ2v) is 12.0. The van der Waals surface area contributed by atoms with E-state index in [2.05, 4.69) is 32.4 Å². The van der Waals surface area contributed by atoms with Gasteiger partial charge < -0.3 is 9.73 Å². The predicted molar refractivity (Wildman–Crippen MR) is 191 cm³/mol. The molecule has 13 nitrogen and oxygen atoms in total. The monoisotopic (exact) mass is 676 g/mol. The zero-order valence-corrected chi connectivity index (χ0v) is 27.4. The van der Waals surface area contributed by atoms with Crippen molar-refractivity contribution in [3.8, 4) is 34.2 Å². The topological polar surface area (TPSA) is 157 Å². The third-order valence-electron chi connectivity index (χ3n) is 8.92. The summed E-state index contributed by atoms with van der Waals surface area (Å²) >= 11 is 0. The van der Waals surface area contributed by atoms with E-state index in [-0.39, 0.29) is 42.7 Å². The molecule has 4 amide bonds. The molecule has 5 aromatic heterocycles. The largest absolute Gasteiger partial charge is 0.448 e. The Labute approximate surface area is 289 Å². The third-order valence-corrected chi connectivity index (χ3v) is 8.92. The Kier molecular flexibility index (Phi) is 7.61. The van der Waals surface area contributed by atoms with E-state index in [0.717, 1.165) is 38.5 Å². The van der Waals surface area contributed by atoms with Gasteiger partial charge in [-0.25, -0.2) is 14.6 Å². The molecule has 8 rings (SSSR count). The number of anilines is 1. The number of furan rings is 1. The van der Waals surface area contributed by atoms with Gasteiger partial charge in [-0.2, -0.15) is 0 Å². The van der Waals surface area contributed by atoms with Gasteiger partial charge in [0.05, 0.1) is 28.7 Å². The maximum atomic E-state index is 12.8. The summed E-state index contributed by atoms with van der Waals surface area (Å²) in [6, 6.07) is 20.3. The lowest BCUT2D eigenvalue weighted by molar-refractivity contribution is -0.120. The molecule has 250 valence electrons. The quantitative estimate of drug-likeness (QED) is 0.252. The summed E-state index contributed by atoms with van der Waals surface area (Å²) in [4.78, 5) is 63.9. The van der Waals surface area contributed by atoms with Gasteiger partial charge in [-0.15, -0.1) is 0 Å². The van der Waals surface area contributed by atoms with Gasteiger partial charge in [0, 0.05) is 62.7 Å². The van der Waals surface area contributed by atoms with Gasteiger partial charge in [0.2, 0.25) is 5.91 Å². The average Bonchev–Trinajstić information content (AvgIpc) is 3.67. The molecule has 1 aliphatic heterocycles. The molecule has 2 N–H and O–H groups in total. The second-order valence-electron chi connectivity index (χ2n) is 12.0. The van der Waals surface area contributed by atoms with Crippen LogP contribution in [0.3, 0.4) is 0 Å². The molecule has 0 unspecified atom stereocenters. The highest BCUT2D eigenvalue weighted by Gasteiger charge is 2.27. The summed E-state index contributed by atoms with van der Waals surface area (Å²) in [7, 11) is 3.54. The minimum atomic E-state index is -0.541. The lowest BCUT2D eigenvalue weighted by Gasteiger charge is -2.25. The van der Waals surface area contributed by atoms with Crippen molar-refractivity contribution in [1.82, 2.24) is 34.7 Å². The van der Waals surface area contributed by atoms with Gasteiger partial charge >= 0.3 is 11.7 Å². The minimum Gasteiger partial charge on any atom is -0.448 e. The fourth-order valence-electron chi connectivity index (χ4n) is 6.27. The minimum absolute atomic E-state index is 0.0448. The van der Waals surface area contributed by atoms with Gasteiger partial charge in [0.25, 0.3) is 5.91 Å². The van der Waals surface area contributed by atoms with E-state index in [1.807, 2.05) is 48.7 Å². The standard InChI is InChI=1S/C38H28N8O5/c1-44-31-11-9-23(18-32(31)45(2)38(44)50)26-7-3-5-22-17-30(42-21-28(22)26)24-8-10-29(41-20-24)36(48)40-14-4-6-25-19-27-33(51-25)12-15-39-35(27)46-16-13-34(47)43-37(46)49/h3,5,7-12,15,17-21H,13-14,16H2,1-2H3,(H,40,48)(H,43,47,49). The number of imidazole rings is 1. The first-order chi connectivity index (χ1) is 24.7. The molecule has 1 fully saturated rings. The number of aryl methyl sites for hydroxylation is 2. The molecule has 0 saturated carbocycles. The summed E-state index contributed by atoms with van der Waals surface area (Å²) < 4.78 is 9.08. The summed E-state index contributed by atoms with van der Waals surface area (Å²) in [6.45, 7) is 0.255. The Balaban J connectivity index is 0.947. The van der Waals surface area contributed by atoms with Crippen LogP contribution in [-0.2, 0) is 18.9 Å². The fraction of sp³-hybridized carbons (Fsp3) is 0.132. The molecular weight excluding hydrogens is 648 g/mol. The van der Waals surface area contributed by atoms with Crippen molar-refractivity contribution in [2.75, 3.05) is 18.0 Å². The van der Waals surface area contributed by atoms with E-state index in [4.69, 9.17) is 9.40 Å². The maximum Gasteiger partial charge on any atom is 0.329 e. The predicted octanol–water partition coefficient (Wildman–Crippen LogP) is 4.52. The number of carbonyl (C=O) groups excluding carboxylic acids is 3. The van der Waals surface area contributed by atoms with Crippen LogP contribution in [0.25, 0.3) is 55.2 Å². The Morgan fingerprint density at radius 3 is 2.57 bits per heavy atom. The summed E-state index contributed by atoms with van der Waals surface area (Å²) in [5.41, 5.74) is 5.83. The van der Waals surface area contributed by atoms with Gasteiger partial charge in [-0.1, -0.05) is 30.2 Å². The van der Waals surface area contributed by atoms with Gasteiger partial charge in [0.15, 0.2) is 5.76 Å². The Hall–Kier alpha value is -7.07. The third kappa shape index (κ3) is 5.64. The fourth-order valence-corrected chi connectivity index (χ4v) is 6.27. The molecular formula is C38H28N8O5. The van der Waals surface area contributed by atoms with E-state index in [1.54, 1.807) is 53.7 Å². The van der Waals surface area contributed by atoms with Crippen molar-refractivity contribution in [3.05, 3.63) is 107 Å². The molecule has 2 aromatic carbocycles. The molecule has 51 heavy (non-hydrogen) atoms. The van der Waals surface area contributed by atoms with Crippen molar-refractivity contribution < 1.29 is 18.8 Å². The molecule has 0 atom stereocenters. The molecule has 13 heteroatoms. The lowest BCUT2D eigenvalue weighted by atomic mass is 9.98. The summed E-state index contributed by atoms with van der Waals surface area (Å²) in [5.74, 6) is 5.75. The number of nitrogens with zero attached hydrogens (tertiary/aromatic N) is 6. The number of hydrogen-bond donors (Lipinski definition) is 2. The number of nitrogens with one attached hydrogen (secondary N) is 2. The number of carbonyl (C=O) groups is 3. The number of rotatable bonds is 5. The number of benzene rings is 2. The number of pyridine rings is 3. The van der Waals surface area contributed by atoms with Crippen molar-refractivity contribution in [3.63, 3.8) is 0 Å². The molecule has 6 heterocycles. The summed E-state index contributed by atoms with van der Waals surface area (Å²) in [5, 5.41) is 7.58. The zero-order valence-electron chi connectivity index (χ0n) is 27.4. The van der Waals surface area contributed by atoms with E-state index in [9.17, 15) is 19.2 Å². The SMILES string of the molecule is Cn1c(=O)n(C)c2cc(-c3cccc4cc(-c5ccc(C(=O)NCC#Cc6cc7c(N8CCC(=O)NC8=O)nccc7o6)nc5)ncc34)ccc21. The molecule has 0 aliphatic carbocycles. The molecule has 7 aromatic rings. The molecule has 0 spiro atoms. The maximum absolute atomic E-state index is 12.8. The van der Waals surface area contributed by atoms with E-state index in [1.165, 1.54) is 11.1 Å². The number of fused-ring (bicyclic) bond motifs is 3. The highest BCUT2D eigenvalue weighted by molar-refractivity contribution is 6.08. The highest BCUT2D eigenvalue weighted by Crippen LogP contribution is 2.32. The van der Waals surface area contributed by atoms with Crippen LogP contribution in [0.1, 0.15) is 22.7 Å². The molecule has 1 saturated heterocycles. The van der Waals surface area contributed by atoms with E-state index in [0.29, 0.717) is 28.2 Å². The second kappa shape index (κ2) is 12.4. The van der Waals surface area contributed by atoms with Crippen LogP contribution >= 0.6 is 0 Å². The smallest absolute Gasteiger partial charge is 0.329 e. The van der Waals surface area contributed by atoms with Crippen LogP contribution in [0.2, 0.25) is 0 Å². The van der Waals surface area contributed by atoms with Crippen LogP contribution in [0, 0.1) is 11.8 Å².